The van der Waals surface area contributed by atoms with Gasteiger partial charge in [-0.3, -0.25) is 0 Å². The molecule has 7 nitrogen and oxygen atoms in total. The van der Waals surface area contributed by atoms with Crippen LogP contribution in [-0.4, -0.2) is 5.48 Å². The fourth-order valence-corrected chi connectivity index (χ4v) is 0. The second-order valence-electron chi connectivity index (χ2n) is 0.937. The van der Waals surface area contributed by atoms with Gasteiger partial charge in [-0.15, -0.1) is 0 Å². The van der Waals surface area contributed by atoms with Crippen LogP contribution in [0.15, 0.2) is 0 Å². The molecule has 0 heterocycles. The fraction of sp³-hybridized carbons (Fsp3) is 0. The van der Waals surface area contributed by atoms with Gasteiger partial charge < -0.3 is 34.2 Å². The standard InChI is InChI=1S/Mn.H4O6P2.H2O/c;1-7(2,3)8(4,5)6;/h;(H2,1,2,3)(H2,4,5,6);1H2/p-4. The number of hydrogen-bond donors (Lipinski definition) is 0. The van der Waals surface area contributed by atoms with Crippen molar-refractivity contribution < 1.29 is 51.2 Å². The van der Waals surface area contributed by atoms with Gasteiger partial charge in [0.15, 0.2) is 0 Å². The minimum Gasteiger partial charge on any atom is -0.807 e. The van der Waals surface area contributed by atoms with E-state index in [0.717, 1.165) is 0 Å². The van der Waals surface area contributed by atoms with E-state index in [1.54, 1.807) is 0 Å². The predicted octanol–water partition coefficient (Wildman–Crippen LogP) is -4.10. The molecular formula is H2MnO7P2-4. The molecule has 0 unspecified atom stereocenters. The van der Waals surface area contributed by atoms with Crippen LogP contribution >= 0.6 is 14.6 Å². The van der Waals surface area contributed by atoms with E-state index in [4.69, 9.17) is 0 Å². The van der Waals surface area contributed by atoms with Crippen molar-refractivity contribution in [3.63, 3.8) is 0 Å². The maximum absolute atomic E-state index is 9.24. The van der Waals surface area contributed by atoms with E-state index in [2.05, 4.69) is 0 Å². The molecule has 10 heavy (non-hydrogen) atoms. The van der Waals surface area contributed by atoms with Crippen molar-refractivity contribution >= 4 is 14.6 Å². The molecule has 0 spiro atoms. The van der Waals surface area contributed by atoms with Crippen LogP contribution in [0.4, 0.5) is 0 Å². The van der Waals surface area contributed by atoms with Crippen molar-refractivity contribution in [2.24, 2.45) is 0 Å². The summed E-state index contributed by atoms with van der Waals surface area (Å²) in [6.07, 6.45) is 0. The molecular weight excluding hydrogens is 229 g/mol. The van der Waals surface area contributed by atoms with Crippen LogP contribution in [0.3, 0.4) is 0 Å². The Balaban J connectivity index is -0.000000245. The summed E-state index contributed by atoms with van der Waals surface area (Å²) < 4.78 is 18.5. The minimum absolute atomic E-state index is 0. The van der Waals surface area contributed by atoms with E-state index in [9.17, 15) is 28.7 Å². The molecule has 0 atom stereocenters. The van der Waals surface area contributed by atoms with Crippen molar-refractivity contribution in [1.29, 1.82) is 0 Å². The van der Waals surface area contributed by atoms with Gasteiger partial charge >= 0.3 is 0 Å². The summed E-state index contributed by atoms with van der Waals surface area (Å²) in [5, 5.41) is 0. The molecule has 0 amide bonds. The van der Waals surface area contributed by atoms with Gasteiger partial charge in [-0.1, -0.05) is 0 Å². The normalized spacial score (nSPS) is 11.2. The fourth-order valence-electron chi connectivity index (χ4n) is 0. The molecule has 10 heteroatoms. The molecule has 0 rings (SSSR count). The van der Waals surface area contributed by atoms with Crippen LogP contribution in [0.5, 0.6) is 0 Å². The zero-order valence-corrected chi connectivity index (χ0v) is 7.19. The number of rotatable bonds is 1. The van der Waals surface area contributed by atoms with Gasteiger partial charge in [0.25, 0.3) is 0 Å². The molecule has 65 valence electrons. The van der Waals surface area contributed by atoms with Gasteiger partial charge in [0.2, 0.25) is 0 Å². The zero-order chi connectivity index (χ0) is 7.00. The van der Waals surface area contributed by atoms with E-state index >= 15 is 0 Å². The zero-order valence-electron chi connectivity index (χ0n) is 4.22. The van der Waals surface area contributed by atoms with E-state index in [-0.39, 0.29) is 22.5 Å². The molecule has 0 aliphatic rings. The number of hydrogen-bond acceptors (Lipinski definition) is 6. The molecule has 2 N–H and O–H groups in total. The third-order valence-corrected chi connectivity index (χ3v) is 2.70. The van der Waals surface area contributed by atoms with E-state index in [1.165, 1.54) is 0 Å². The predicted molar refractivity (Wildman–Crippen MR) is 18.8 cm³/mol. The minimum atomic E-state index is -5.91. The Hall–Kier alpha value is 0.779. The molecule has 0 aromatic carbocycles. The Kier molecular flexibility index (Phi) is 7.86. The van der Waals surface area contributed by atoms with Gasteiger partial charge in [-0.2, -0.15) is 0 Å². The van der Waals surface area contributed by atoms with Crippen molar-refractivity contribution in [1.82, 2.24) is 0 Å². The topological polar surface area (TPSA) is 158 Å². The third-order valence-electron chi connectivity index (χ3n) is 0.300. The first-order valence-corrected chi connectivity index (χ1v) is 5.09. The van der Waals surface area contributed by atoms with E-state index in [1.807, 2.05) is 0 Å². The molecule has 0 aromatic heterocycles. The average molecular weight is 231 g/mol. The molecule has 0 saturated heterocycles. The van der Waals surface area contributed by atoms with Crippen LogP contribution in [-0.2, 0) is 26.2 Å². The Morgan fingerprint density at radius 3 is 0.900 bits per heavy atom. The summed E-state index contributed by atoms with van der Waals surface area (Å²) in [5.41, 5.74) is 0. The Labute approximate surface area is 66.4 Å². The first-order chi connectivity index (χ1) is 3.25. The second kappa shape index (κ2) is 4.62. The van der Waals surface area contributed by atoms with Gasteiger partial charge in [-0.05, 0) is 14.6 Å². The first-order valence-electron chi connectivity index (χ1n) is 1.30. The summed E-state index contributed by atoms with van der Waals surface area (Å²) in [7, 11) is -11.8. The molecule has 0 aliphatic heterocycles. The smallest absolute Gasteiger partial charge is 0 e. The van der Waals surface area contributed by atoms with Gasteiger partial charge in [0.1, 0.15) is 0 Å². The third kappa shape index (κ3) is 5.56. The molecule has 0 aliphatic carbocycles. The van der Waals surface area contributed by atoms with Crippen LogP contribution < -0.4 is 19.6 Å². The van der Waals surface area contributed by atoms with E-state index in [0.29, 0.717) is 0 Å². The summed E-state index contributed by atoms with van der Waals surface area (Å²) in [6, 6.07) is 0. The summed E-state index contributed by atoms with van der Waals surface area (Å²) in [4.78, 5) is 36.9. The van der Waals surface area contributed by atoms with Gasteiger partial charge in [-0.25, -0.2) is 0 Å². The van der Waals surface area contributed by atoms with Crippen LogP contribution in [0.25, 0.3) is 0 Å². The van der Waals surface area contributed by atoms with Crippen LogP contribution in [0.1, 0.15) is 0 Å². The van der Waals surface area contributed by atoms with E-state index < -0.39 is 14.6 Å². The maximum Gasteiger partial charge on any atom is 0 e. The van der Waals surface area contributed by atoms with Crippen LogP contribution in [0, 0.1) is 0 Å². The van der Waals surface area contributed by atoms with Crippen molar-refractivity contribution in [3.05, 3.63) is 0 Å². The SMILES string of the molecule is O.O=P([O-])([O-])P(=O)([O-])[O-].[Mn]. The van der Waals surface area contributed by atoms with Gasteiger partial charge in [0, 0.05) is 17.1 Å². The van der Waals surface area contributed by atoms with Crippen molar-refractivity contribution in [2.75, 3.05) is 0 Å². The second-order valence-corrected chi connectivity index (χ2v) is 5.75. The Bertz CT molecular complexity index is 140. The average Bonchev–Trinajstić information content (AvgIpc) is 1.25. The summed E-state index contributed by atoms with van der Waals surface area (Å²) in [5.74, 6) is 0. The Morgan fingerprint density at radius 2 is 0.900 bits per heavy atom. The molecule has 1 radical (unpaired) electrons. The molecule has 0 aromatic rings. The molecule has 0 bridgehead atoms. The Morgan fingerprint density at radius 1 is 0.800 bits per heavy atom. The summed E-state index contributed by atoms with van der Waals surface area (Å²) in [6.45, 7) is 0. The first kappa shape index (κ1) is 17.0. The van der Waals surface area contributed by atoms with Crippen molar-refractivity contribution in [2.45, 2.75) is 0 Å². The quantitative estimate of drug-likeness (QED) is 0.329. The van der Waals surface area contributed by atoms with Crippen LogP contribution in [0.2, 0.25) is 0 Å². The molecule has 0 saturated carbocycles. The molecule has 0 fully saturated rings. The monoisotopic (exact) mass is 231 g/mol. The van der Waals surface area contributed by atoms with Gasteiger partial charge in [0.05, 0.1) is 0 Å². The van der Waals surface area contributed by atoms with Crippen molar-refractivity contribution in [3.8, 4) is 0 Å². The summed E-state index contributed by atoms with van der Waals surface area (Å²) >= 11 is 0. The largest absolute Gasteiger partial charge is 0.807 e. The maximum atomic E-state index is 9.24.